The topological polar surface area (TPSA) is 40.5 Å². The zero-order chi connectivity index (χ0) is 13.9. The number of phenols is 1. The van der Waals surface area contributed by atoms with Crippen molar-refractivity contribution in [1.82, 2.24) is 0 Å². The van der Waals surface area contributed by atoms with E-state index >= 15 is 0 Å². The molecular weight excluding hydrogens is 248 g/mol. The number of aryl methyl sites for hydroxylation is 1. The summed E-state index contributed by atoms with van der Waals surface area (Å²) in [6, 6.07) is 5.96. The minimum absolute atomic E-state index is 0.0883. The van der Waals surface area contributed by atoms with Crippen LogP contribution >= 0.6 is 0 Å². The summed E-state index contributed by atoms with van der Waals surface area (Å²) >= 11 is 0. The van der Waals surface area contributed by atoms with E-state index in [1.54, 1.807) is 0 Å². The van der Waals surface area contributed by atoms with Crippen molar-refractivity contribution in [3.8, 4) is 5.75 Å². The molecule has 2 N–H and O–H groups in total. The summed E-state index contributed by atoms with van der Waals surface area (Å²) in [5, 5.41) is 20.0. The molecule has 3 aliphatic rings. The molecule has 0 amide bonds. The Morgan fingerprint density at radius 1 is 1.15 bits per heavy atom. The average Bonchev–Trinajstić information content (AvgIpc) is 2.74. The van der Waals surface area contributed by atoms with Gasteiger partial charge in [-0.1, -0.05) is 13.0 Å². The van der Waals surface area contributed by atoms with Crippen LogP contribution in [0.25, 0.3) is 0 Å². The van der Waals surface area contributed by atoms with Crippen LogP contribution < -0.4 is 0 Å². The van der Waals surface area contributed by atoms with Crippen LogP contribution in [0.4, 0.5) is 0 Å². The molecule has 2 heteroatoms. The van der Waals surface area contributed by atoms with Crippen molar-refractivity contribution in [3.05, 3.63) is 29.3 Å². The van der Waals surface area contributed by atoms with E-state index in [-0.39, 0.29) is 11.5 Å². The lowest BCUT2D eigenvalue weighted by Gasteiger charge is -2.50. The number of hydrogen-bond acceptors (Lipinski definition) is 2. The Morgan fingerprint density at radius 2 is 2.00 bits per heavy atom. The summed E-state index contributed by atoms with van der Waals surface area (Å²) in [5.74, 6) is 2.49. The summed E-state index contributed by atoms with van der Waals surface area (Å²) in [6.45, 7) is 2.32. The van der Waals surface area contributed by atoms with Crippen molar-refractivity contribution in [2.75, 3.05) is 0 Å². The fourth-order valence-corrected chi connectivity index (χ4v) is 5.54. The Labute approximate surface area is 120 Å². The third-order valence-corrected chi connectivity index (χ3v) is 6.66. The van der Waals surface area contributed by atoms with Gasteiger partial charge in [-0.25, -0.2) is 0 Å². The number of rotatable bonds is 0. The molecule has 4 rings (SSSR count). The maximum absolute atomic E-state index is 10.4. The standard InChI is InChI=1S/C18H24O2/c1-18-9-8-14-13-5-3-12(19)10-11(13)2-4-15(14)16(18)6-7-17(18)20/h3,5,10,14-17,19-20H,2,4,6-9H2,1H3/t14?,15-,16?,17?,18?/m1/s1. The monoisotopic (exact) mass is 272 g/mol. The number of aliphatic hydroxyl groups excluding tert-OH is 1. The Morgan fingerprint density at radius 3 is 2.85 bits per heavy atom. The van der Waals surface area contributed by atoms with E-state index in [4.69, 9.17) is 0 Å². The van der Waals surface area contributed by atoms with Gasteiger partial charge < -0.3 is 10.2 Å². The zero-order valence-electron chi connectivity index (χ0n) is 12.2. The molecule has 3 aliphatic carbocycles. The summed E-state index contributed by atoms with van der Waals surface area (Å²) in [5.41, 5.74) is 2.99. The van der Waals surface area contributed by atoms with Gasteiger partial charge in [0, 0.05) is 0 Å². The summed E-state index contributed by atoms with van der Waals surface area (Å²) < 4.78 is 0. The number of aromatic hydroxyl groups is 1. The van der Waals surface area contributed by atoms with Gasteiger partial charge in [-0.3, -0.25) is 0 Å². The molecule has 2 saturated carbocycles. The molecular formula is C18H24O2. The maximum Gasteiger partial charge on any atom is 0.115 e. The highest BCUT2D eigenvalue weighted by atomic mass is 16.3. The first-order valence-electron chi connectivity index (χ1n) is 8.09. The van der Waals surface area contributed by atoms with Crippen LogP contribution in [0.1, 0.15) is 56.1 Å². The fraction of sp³-hybridized carbons (Fsp3) is 0.667. The smallest absolute Gasteiger partial charge is 0.115 e. The normalized spacial score (nSPS) is 42.7. The molecule has 1 aromatic rings. The maximum atomic E-state index is 10.4. The highest BCUT2D eigenvalue weighted by Crippen LogP contribution is 2.60. The highest BCUT2D eigenvalue weighted by molar-refractivity contribution is 5.40. The lowest BCUT2D eigenvalue weighted by atomic mass is 9.55. The molecule has 5 atom stereocenters. The van der Waals surface area contributed by atoms with Crippen LogP contribution in [0.2, 0.25) is 0 Å². The molecule has 2 fully saturated rings. The Hall–Kier alpha value is -1.02. The van der Waals surface area contributed by atoms with Crippen molar-refractivity contribution in [1.29, 1.82) is 0 Å². The van der Waals surface area contributed by atoms with Gasteiger partial charge in [0.15, 0.2) is 0 Å². The minimum Gasteiger partial charge on any atom is -0.508 e. The van der Waals surface area contributed by atoms with Gasteiger partial charge in [0.1, 0.15) is 5.75 Å². The molecule has 0 radical (unpaired) electrons. The first-order valence-corrected chi connectivity index (χ1v) is 8.09. The van der Waals surface area contributed by atoms with E-state index in [0.717, 1.165) is 25.2 Å². The molecule has 0 aliphatic heterocycles. The van der Waals surface area contributed by atoms with E-state index in [0.29, 0.717) is 17.6 Å². The van der Waals surface area contributed by atoms with Gasteiger partial charge in [-0.05, 0) is 85.0 Å². The quantitative estimate of drug-likeness (QED) is 0.757. The summed E-state index contributed by atoms with van der Waals surface area (Å²) in [6.07, 6.45) is 6.78. The molecule has 0 spiro atoms. The lowest BCUT2D eigenvalue weighted by Crippen LogP contribution is -2.43. The second kappa shape index (κ2) is 4.24. The largest absolute Gasteiger partial charge is 0.508 e. The molecule has 0 aromatic heterocycles. The summed E-state index contributed by atoms with van der Waals surface area (Å²) in [7, 11) is 0. The number of aliphatic hydroxyl groups is 1. The number of hydrogen-bond donors (Lipinski definition) is 2. The van der Waals surface area contributed by atoms with Gasteiger partial charge in [0.05, 0.1) is 6.10 Å². The molecule has 1 aromatic carbocycles. The van der Waals surface area contributed by atoms with Crippen molar-refractivity contribution in [3.63, 3.8) is 0 Å². The molecule has 4 unspecified atom stereocenters. The number of fused-ring (bicyclic) bond motifs is 5. The van der Waals surface area contributed by atoms with Gasteiger partial charge >= 0.3 is 0 Å². The van der Waals surface area contributed by atoms with Crippen molar-refractivity contribution in [2.45, 2.75) is 57.5 Å². The van der Waals surface area contributed by atoms with E-state index < -0.39 is 0 Å². The first kappa shape index (κ1) is 12.7. The number of phenolic OH excluding ortho intramolecular Hbond substituents is 1. The molecule has 108 valence electrons. The Bertz CT molecular complexity index is 538. The predicted octanol–water partition coefficient (Wildman–Crippen LogP) is 3.61. The first-order chi connectivity index (χ1) is 9.59. The van der Waals surface area contributed by atoms with Crippen LogP contribution in [-0.2, 0) is 6.42 Å². The summed E-state index contributed by atoms with van der Waals surface area (Å²) in [4.78, 5) is 0. The molecule has 0 heterocycles. The van der Waals surface area contributed by atoms with E-state index in [9.17, 15) is 10.2 Å². The molecule has 0 bridgehead atoms. The second-order valence-electron chi connectivity index (χ2n) is 7.44. The Balaban J connectivity index is 1.71. The van der Waals surface area contributed by atoms with Crippen LogP contribution in [-0.4, -0.2) is 16.3 Å². The second-order valence-corrected chi connectivity index (χ2v) is 7.44. The lowest BCUT2D eigenvalue weighted by molar-refractivity contribution is -0.0226. The third-order valence-electron chi connectivity index (χ3n) is 6.66. The minimum atomic E-state index is -0.0883. The zero-order valence-corrected chi connectivity index (χ0v) is 12.2. The van der Waals surface area contributed by atoms with Crippen LogP contribution in [0.15, 0.2) is 18.2 Å². The van der Waals surface area contributed by atoms with Gasteiger partial charge in [0.25, 0.3) is 0 Å². The fourth-order valence-electron chi connectivity index (χ4n) is 5.54. The highest BCUT2D eigenvalue weighted by Gasteiger charge is 2.54. The van der Waals surface area contributed by atoms with Crippen LogP contribution in [0, 0.1) is 17.3 Å². The number of benzene rings is 1. The SMILES string of the molecule is CC12CCC3c4ccc(O)cc4CC[C@H]3C1CCC2O. The Kier molecular flexibility index (Phi) is 2.69. The molecule has 0 saturated heterocycles. The molecule has 2 nitrogen and oxygen atoms in total. The molecule has 20 heavy (non-hydrogen) atoms. The van der Waals surface area contributed by atoms with Gasteiger partial charge in [0.2, 0.25) is 0 Å². The predicted molar refractivity (Wildman–Crippen MR) is 78.7 cm³/mol. The van der Waals surface area contributed by atoms with Crippen LogP contribution in [0.3, 0.4) is 0 Å². The van der Waals surface area contributed by atoms with Gasteiger partial charge in [-0.2, -0.15) is 0 Å². The van der Waals surface area contributed by atoms with Crippen LogP contribution in [0.5, 0.6) is 5.75 Å². The van der Waals surface area contributed by atoms with Crippen molar-refractivity contribution in [2.24, 2.45) is 17.3 Å². The van der Waals surface area contributed by atoms with Gasteiger partial charge in [-0.15, -0.1) is 0 Å². The van der Waals surface area contributed by atoms with Crippen molar-refractivity contribution >= 4 is 0 Å². The van der Waals surface area contributed by atoms with E-state index in [2.05, 4.69) is 13.0 Å². The van der Waals surface area contributed by atoms with E-state index in [1.165, 1.54) is 30.4 Å². The average molecular weight is 272 g/mol. The van der Waals surface area contributed by atoms with E-state index in [1.807, 2.05) is 12.1 Å². The third kappa shape index (κ3) is 1.60. The van der Waals surface area contributed by atoms with Crippen molar-refractivity contribution < 1.29 is 10.2 Å².